The lowest BCUT2D eigenvalue weighted by Crippen LogP contribution is -2.29. The fraction of sp³-hybridized carbons (Fsp3) is 0.200. The van der Waals surface area contributed by atoms with Crippen LogP contribution in [0.3, 0.4) is 0 Å². The molecular formula is C20H20N2O3. The van der Waals surface area contributed by atoms with Crippen LogP contribution in [0.25, 0.3) is 10.9 Å². The third-order valence-electron chi connectivity index (χ3n) is 4.10. The van der Waals surface area contributed by atoms with Crippen molar-refractivity contribution in [1.29, 1.82) is 0 Å². The van der Waals surface area contributed by atoms with Crippen LogP contribution in [0.5, 0.6) is 11.5 Å². The molecule has 0 aliphatic carbocycles. The molecule has 1 unspecified atom stereocenters. The smallest absolute Gasteiger partial charge is 0.220 e. The molecule has 0 spiro atoms. The van der Waals surface area contributed by atoms with Gasteiger partial charge in [0.2, 0.25) is 5.91 Å². The van der Waals surface area contributed by atoms with Crippen molar-refractivity contribution in [2.24, 2.45) is 0 Å². The Bertz CT molecular complexity index is 891. The number of pyridine rings is 1. The van der Waals surface area contributed by atoms with E-state index in [1.807, 2.05) is 25.1 Å². The summed E-state index contributed by atoms with van der Waals surface area (Å²) in [5.74, 6) is 0.0980. The Kier molecular flexibility index (Phi) is 4.84. The van der Waals surface area contributed by atoms with E-state index in [1.165, 1.54) is 0 Å². The lowest BCUT2D eigenvalue weighted by atomic mass is 9.96. The molecule has 0 bridgehead atoms. The maximum atomic E-state index is 12.2. The molecule has 2 aromatic carbocycles. The summed E-state index contributed by atoms with van der Waals surface area (Å²) in [4.78, 5) is 16.4. The van der Waals surface area contributed by atoms with E-state index in [4.69, 9.17) is 0 Å². The van der Waals surface area contributed by atoms with Gasteiger partial charge in [-0.05, 0) is 30.2 Å². The van der Waals surface area contributed by atoms with Crippen molar-refractivity contribution in [3.05, 3.63) is 65.9 Å². The first-order valence-corrected chi connectivity index (χ1v) is 8.25. The molecule has 1 heterocycles. The summed E-state index contributed by atoms with van der Waals surface area (Å²) in [5, 5.41) is 24.0. The van der Waals surface area contributed by atoms with Crippen LogP contribution in [0.15, 0.2) is 54.7 Å². The SMILES string of the molecule is CCCC(=O)NC(c1ccc(O)cc1)c1ccc2cccnc2c1O. The molecule has 0 aliphatic rings. The molecule has 5 heteroatoms. The molecule has 3 N–H and O–H groups in total. The monoisotopic (exact) mass is 336 g/mol. The highest BCUT2D eigenvalue weighted by atomic mass is 16.3. The number of rotatable bonds is 5. The minimum Gasteiger partial charge on any atom is -0.508 e. The predicted octanol–water partition coefficient (Wildman–Crippen LogP) is 3.65. The minimum atomic E-state index is -0.522. The van der Waals surface area contributed by atoms with Crippen molar-refractivity contribution in [3.63, 3.8) is 0 Å². The fourth-order valence-electron chi connectivity index (χ4n) is 2.85. The number of fused-ring (bicyclic) bond motifs is 1. The van der Waals surface area contributed by atoms with Gasteiger partial charge in [0, 0.05) is 23.6 Å². The second-order valence-corrected chi connectivity index (χ2v) is 5.92. The number of nitrogens with one attached hydrogen (secondary N) is 1. The molecule has 5 nitrogen and oxygen atoms in total. The van der Waals surface area contributed by atoms with Crippen LogP contribution in [-0.2, 0) is 4.79 Å². The summed E-state index contributed by atoms with van der Waals surface area (Å²) in [6, 6.07) is 13.4. The Morgan fingerprint density at radius 2 is 1.88 bits per heavy atom. The summed E-state index contributed by atoms with van der Waals surface area (Å²) in [6.07, 6.45) is 2.76. The van der Waals surface area contributed by atoms with Crippen LogP contribution in [0.2, 0.25) is 0 Å². The molecule has 1 atom stereocenters. The van der Waals surface area contributed by atoms with Crippen molar-refractivity contribution in [2.75, 3.05) is 0 Å². The van der Waals surface area contributed by atoms with Crippen LogP contribution in [0.1, 0.15) is 36.9 Å². The normalized spacial score (nSPS) is 12.0. The van der Waals surface area contributed by atoms with Gasteiger partial charge in [0.15, 0.2) is 0 Å². The number of amides is 1. The number of phenolic OH excluding ortho intramolecular Hbond substituents is 2. The zero-order valence-corrected chi connectivity index (χ0v) is 13.9. The number of carbonyl (C=O) groups excluding carboxylic acids is 1. The molecule has 0 aliphatic heterocycles. The summed E-state index contributed by atoms with van der Waals surface area (Å²) in [5.41, 5.74) is 1.84. The number of aromatic hydroxyl groups is 2. The summed E-state index contributed by atoms with van der Waals surface area (Å²) in [7, 11) is 0. The third-order valence-corrected chi connectivity index (χ3v) is 4.10. The molecule has 25 heavy (non-hydrogen) atoms. The Morgan fingerprint density at radius 3 is 2.60 bits per heavy atom. The maximum absolute atomic E-state index is 12.2. The van der Waals surface area contributed by atoms with Gasteiger partial charge < -0.3 is 15.5 Å². The maximum Gasteiger partial charge on any atom is 0.220 e. The quantitative estimate of drug-likeness (QED) is 0.664. The molecule has 1 aromatic heterocycles. The van der Waals surface area contributed by atoms with E-state index in [0.717, 1.165) is 17.4 Å². The van der Waals surface area contributed by atoms with E-state index in [1.54, 1.807) is 36.5 Å². The highest BCUT2D eigenvalue weighted by Gasteiger charge is 2.21. The van der Waals surface area contributed by atoms with Crippen LogP contribution >= 0.6 is 0 Å². The molecule has 0 fully saturated rings. The predicted molar refractivity (Wildman–Crippen MR) is 96.4 cm³/mol. The van der Waals surface area contributed by atoms with Gasteiger partial charge in [-0.3, -0.25) is 9.78 Å². The van der Waals surface area contributed by atoms with E-state index >= 15 is 0 Å². The average molecular weight is 336 g/mol. The van der Waals surface area contributed by atoms with Gasteiger partial charge in [-0.15, -0.1) is 0 Å². The van der Waals surface area contributed by atoms with Gasteiger partial charge in [0.1, 0.15) is 17.0 Å². The van der Waals surface area contributed by atoms with Crippen molar-refractivity contribution in [2.45, 2.75) is 25.8 Å². The van der Waals surface area contributed by atoms with Crippen LogP contribution in [0, 0.1) is 0 Å². The molecule has 3 aromatic rings. The molecule has 3 rings (SSSR count). The third kappa shape index (κ3) is 3.55. The second kappa shape index (κ2) is 7.21. The lowest BCUT2D eigenvalue weighted by Gasteiger charge is -2.21. The van der Waals surface area contributed by atoms with E-state index in [9.17, 15) is 15.0 Å². The number of nitrogens with zero attached hydrogens (tertiary/aromatic N) is 1. The zero-order valence-electron chi connectivity index (χ0n) is 13.9. The Labute approximate surface area is 146 Å². The molecular weight excluding hydrogens is 316 g/mol. The lowest BCUT2D eigenvalue weighted by molar-refractivity contribution is -0.121. The summed E-state index contributed by atoms with van der Waals surface area (Å²) in [6.45, 7) is 1.94. The number of benzene rings is 2. The van der Waals surface area contributed by atoms with Gasteiger partial charge >= 0.3 is 0 Å². The van der Waals surface area contributed by atoms with Gasteiger partial charge in [-0.25, -0.2) is 0 Å². The van der Waals surface area contributed by atoms with Crippen molar-refractivity contribution in [3.8, 4) is 11.5 Å². The van der Waals surface area contributed by atoms with E-state index in [2.05, 4.69) is 10.3 Å². The number of hydrogen-bond donors (Lipinski definition) is 3. The Balaban J connectivity index is 2.08. The molecule has 128 valence electrons. The highest BCUT2D eigenvalue weighted by molar-refractivity contribution is 5.86. The van der Waals surface area contributed by atoms with Crippen LogP contribution in [-0.4, -0.2) is 21.1 Å². The molecule has 0 radical (unpaired) electrons. The number of carbonyl (C=O) groups is 1. The molecule has 0 saturated carbocycles. The van der Waals surface area contributed by atoms with Crippen molar-refractivity contribution < 1.29 is 15.0 Å². The van der Waals surface area contributed by atoms with Crippen LogP contribution < -0.4 is 5.32 Å². The average Bonchev–Trinajstić information content (AvgIpc) is 2.62. The first kappa shape index (κ1) is 16.8. The van der Waals surface area contributed by atoms with E-state index in [0.29, 0.717) is 17.5 Å². The summed E-state index contributed by atoms with van der Waals surface area (Å²) < 4.78 is 0. The highest BCUT2D eigenvalue weighted by Crippen LogP contribution is 2.34. The Hall–Kier alpha value is -3.08. The zero-order chi connectivity index (χ0) is 17.8. The topological polar surface area (TPSA) is 82.5 Å². The second-order valence-electron chi connectivity index (χ2n) is 5.92. The van der Waals surface area contributed by atoms with Gasteiger partial charge in [-0.2, -0.15) is 0 Å². The largest absolute Gasteiger partial charge is 0.508 e. The van der Waals surface area contributed by atoms with Gasteiger partial charge in [-0.1, -0.05) is 37.3 Å². The number of aromatic nitrogens is 1. The van der Waals surface area contributed by atoms with E-state index < -0.39 is 6.04 Å². The first-order valence-electron chi connectivity index (χ1n) is 8.25. The standard InChI is InChI=1S/C20H20N2O3/c1-2-4-17(24)22-18(14-6-9-15(23)10-7-14)16-11-8-13-5-3-12-21-19(13)20(16)25/h3,5-12,18,23,25H,2,4H2,1H3,(H,22,24). The van der Waals surface area contributed by atoms with Crippen LogP contribution in [0.4, 0.5) is 0 Å². The van der Waals surface area contributed by atoms with Crippen molar-refractivity contribution in [1.82, 2.24) is 10.3 Å². The van der Waals surface area contributed by atoms with Crippen molar-refractivity contribution >= 4 is 16.8 Å². The molecule has 0 saturated heterocycles. The summed E-state index contributed by atoms with van der Waals surface area (Å²) >= 11 is 0. The molecule has 1 amide bonds. The minimum absolute atomic E-state index is 0.0490. The Morgan fingerprint density at radius 1 is 1.12 bits per heavy atom. The van der Waals surface area contributed by atoms with Gasteiger partial charge in [0.25, 0.3) is 0 Å². The number of hydrogen-bond acceptors (Lipinski definition) is 4. The number of phenols is 2. The van der Waals surface area contributed by atoms with Gasteiger partial charge in [0.05, 0.1) is 6.04 Å². The first-order chi connectivity index (χ1) is 12.1. The fourth-order valence-corrected chi connectivity index (χ4v) is 2.85. The van der Waals surface area contributed by atoms with E-state index in [-0.39, 0.29) is 17.4 Å².